The zero-order chi connectivity index (χ0) is 20.6. The van der Waals surface area contributed by atoms with Gasteiger partial charge < -0.3 is 14.0 Å². The van der Waals surface area contributed by atoms with Crippen molar-refractivity contribution in [2.24, 2.45) is 0 Å². The van der Waals surface area contributed by atoms with Crippen molar-refractivity contribution in [3.63, 3.8) is 0 Å². The van der Waals surface area contributed by atoms with Crippen molar-refractivity contribution < 1.29 is 19.1 Å². The first-order chi connectivity index (χ1) is 14.1. The lowest BCUT2D eigenvalue weighted by atomic mass is 10.1. The molecule has 5 heteroatoms. The second kappa shape index (κ2) is 9.73. The van der Waals surface area contributed by atoms with Gasteiger partial charge in [-0.2, -0.15) is 0 Å². The maximum atomic E-state index is 12.8. The highest BCUT2D eigenvalue weighted by Gasteiger charge is 2.13. The molecule has 0 atom stereocenters. The number of hydrogen-bond donors (Lipinski definition) is 0. The van der Waals surface area contributed by atoms with E-state index in [1.165, 1.54) is 0 Å². The molecule has 1 heterocycles. The molecule has 0 aliphatic heterocycles. The first-order valence-corrected chi connectivity index (χ1v) is 9.72. The molecule has 0 fully saturated rings. The van der Waals surface area contributed by atoms with Crippen molar-refractivity contribution >= 4 is 28.7 Å². The lowest BCUT2D eigenvalue weighted by molar-refractivity contribution is -0.143. The molecule has 0 unspecified atom stereocenters. The van der Waals surface area contributed by atoms with E-state index in [9.17, 15) is 9.59 Å². The topological polar surface area (TPSA) is 57.5 Å². The van der Waals surface area contributed by atoms with Crippen molar-refractivity contribution in [3.8, 4) is 5.75 Å². The number of benzene rings is 2. The minimum absolute atomic E-state index is 0.0545. The Morgan fingerprint density at radius 1 is 1.07 bits per heavy atom. The lowest BCUT2D eigenvalue weighted by Gasteiger charge is -2.05. The summed E-state index contributed by atoms with van der Waals surface area (Å²) in [6, 6.07) is 15.3. The fourth-order valence-corrected chi connectivity index (χ4v) is 3.23. The summed E-state index contributed by atoms with van der Waals surface area (Å²) in [5.41, 5.74) is 2.57. The van der Waals surface area contributed by atoms with Gasteiger partial charge in [-0.15, -0.1) is 0 Å². The van der Waals surface area contributed by atoms with Crippen LogP contribution in [-0.4, -0.2) is 30.0 Å². The third-order valence-electron chi connectivity index (χ3n) is 4.68. The number of nitrogens with zero attached hydrogens (tertiary/aromatic N) is 1. The van der Waals surface area contributed by atoms with E-state index >= 15 is 0 Å². The van der Waals surface area contributed by atoms with E-state index in [0.717, 1.165) is 22.2 Å². The van der Waals surface area contributed by atoms with Gasteiger partial charge in [-0.1, -0.05) is 36.4 Å². The fourth-order valence-electron chi connectivity index (χ4n) is 3.23. The third kappa shape index (κ3) is 5.13. The zero-order valence-electron chi connectivity index (χ0n) is 16.8. The van der Waals surface area contributed by atoms with Crippen LogP contribution < -0.4 is 4.74 Å². The van der Waals surface area contributed by atoms with Crippen molar-refractivity contribution in [3.05, 3.63) is 71.9 Å². The number of carbonyl (C=O) groups excluding carboxylic acids is 2. The Bertz CT molecular complexity index is 1020. The van der Waals surface area contributed by atoms with Crippen LogP contribution in [0.15, 0.2) is 60.8 Å². The summed E-state index contributed by atoms with van der Waals surface area (Å²) >= 11 is 0. The van der Waals surface area contributed by atoms with Crippen LogP contribution in [0, 0.1) is 0 Å². The Morgan fingerprint density at radius 2 is 1.83 bits per heavy atom. The molecule has 0 amide bonds. The van der Waals surface area contributed by atoms with Crippen molar-refractivity contribution in [2.45, 2.75) is 26.3 Å². The molecule has 2 aromatic carbocycles. The van der Waals surface area contributed by atoms with Crippen LogP contribution in [-0.2, 0) is 16.1 Å². The second-order valence-electron chi connectivity index (χ2n) is 6.63. The number of aryl methyl sites for hydroxylation is 1. The van der Waals surface area contributed by atoms with Crippen LogP contribution >= 0.6 is 0 Å². The lowest BCUT2D eigenvalue weighted by Crippen LogP contribution is -2.06. The highest BCUT2D eigenvalue weighted by molar-refractivity contribution is 6.14. The SMILES string of the molecule is CCOC(=O)CCCn1cc(C(=O)/C=C/c2ccc(OC)cc2)c2ccccc21. The number of rotatable bonds is 9. The maximum Gasteiger partial charge on any atom is 0.305 e. The van der Waals surface area contributed by atoms with Crippen LogP contribution in [0.5, 0.6) is 5.75 Å². The molecule has 0 spiro atoms. The van der Waals surface area contributed by atoms with Crippen molar-refractivity contribution in [1.29, 1.82) is 0 Å². The Hall–Kier alpha value is -3.34. The molecule has 150 valence electrons. The molecule has 0 aliphatic rings. The number of allylic oxidation sites excluding steroid dienone is 1. The monoisotopic (exact) mass is 391 g/mol. The molecular weight excluding hydrogens is 366 g/mol. The highest BCUT2D eigenvalue weighted by Crippen LogP contribution is 2.23. The molecule has 1 aromatic heterocycles. The van der Waals surface area contributed by atoms with Gasteiger partial charge in [-0.3, -0.25) is 9.59 Å². The Balaban J connectivity index is 1.76. The Labute approximate surface area is 170 Å². The molecule has 0 aliphatic carbocycles. The van der Waals surface area contributed by atoms with E-state index < -0.39 is 0 Å². The largest absolute Gasteiger partial charge is 0.497 e. The van der Waals surface area contributed by atoms with E-state index in [1.54, 1.807) is 26.2 Å². The number of carbonyl (C=O) groups is 2. The summed E-state index contributed by atoms with van der Waals surface area (Å²) in [5, 5.41) is 0.910. The van der Waals surface area contributed by atoms with E-state index in [1.807, 2.05) is 59.3 Å². The summed E-state index contributed by atoms with van der Waals surface area (Å²) in [5.74, 6) is 0.531. The Kier molecular flexibility index (Phi) is 6.85. The predicted octanol–water partition coefficient (Wildman–Crippen LogP) is 4.89. The van der Waals surface area contributed by atoms with E-state index in [-0.39, 0.29) is 11.8 Å². The molecule has 0 saturated heterocycles. The maximum absolute atomic E-state index is 12.8. The number of para-hydroxylation sites is 1. The fraction of sp³-hybridized carbons (Fsp3) is 0.250. The molecule has 0 radical (unpaired) electrons. The molecule has 0 bridgehead atoms. The van der Waals surface area contributed by atoms with Gasteiger partial charge in [0.1, 0.15) is 5.75 Å². The number of esters is 1. The average Bonchev–Trinajstić information content (AvgIpc) is 3.11. The van der Waals surface area contributed by atoms with Gasteiger partial charge in [0.15, 0.2) is 5.78 Å². The molecular formula is C24H25NO4. The van der Waals surface area contributed by atoms with Crippen LogP contribution in [0.25, 0.3) is 17.0 Å². The van der Waals surface area contributed by atoms with E-state index in [2.05, 4.69) is 0 Å². The second-order valence-corrected chi connectivity index (χ2v) is 6.63. The van der Waals surface area contributed by atoms with Crippen LogP contribution in [0.1, 0.15) is 35.7 Å². The third-order valence-corrected chi connectivity index (χ3v) is 4.68. The summed E-state index contributed by atoms with van der Waals surface area (Å²) < 4.78 is 12.2. The predicted molar refractivity (Wildman–Crippen MR) is 114 cm³/mol. The van der Waals surface area contributed by atoms with Gasteiger partial charge >= 0.3 is 5.97 Å². The number of ether oxygens (including phenoxy) is 2. The average molecular weight is 391 g/mol. The van der Waals surface area contributed by atoms with Gasteiger partial charge in [0, 0.05) is 35.6 Å². The number of fused-ring (bicyclic) bond motifs is 1. The number of hydrogen-bond acceptors (Lipinski definition) is 4. The Morgan fingerprint density at radius 3 is 2.55 bits per heavy atom. The van der Waals surface area contributed by atoms with Crippen LogP contribution in [0.3, 0.4) is 0 Å². The van der Waals surface area contributed by atoms with Gasteiger partial charge in [0.2, 0.25) is 0 Å². The van der Waals surface area contributed by atoms with Gasteiger partial charge in [0.05, 0.1) is 13.7 Å². The van der Waals surface area contributed by atoms with E-state index in [4.69, 9.17) is 9.47 Å². The summed E-state index contributed by atoms with van der Waals surface area (Å²) in [6.07, 6.45) is 6.28. The van der Waals surface area contributed by atoms with Crippen molar-refractivity contribution in [2.75, 3.05) is 13.7 Å². The quantitative estimate of drug-likeness (QED) is 0.296. The first-order valence-electron chi connectivity index (χ1n) is 9.72. The van der Waals surface area contributed by atoms with E-state index in [0.29, 0.717) is 31.6 Å². The summed E-state index contributed by atoms with van der Waals surface area (Å²) in [7, 11) is 1.62. The van der Waals surface area contributed by atoms with Crippen LogP contribution in [0.2, 0.25) is 0 Å². The smallest absolute Gasteiger partial charge is 0.305 e. The van der Waals surface area contributed by atoms with Crippen LogP contribution in [0.4, 0.5) is 0 Å². The molecule has 29 heavy (non-hydrogen) atoms. The summed E-state index contributed by atoms with van der Waals surface area (Å²) in [4.78, 5) is 24.4. The van der Waals surface area contributed by atoms with Crippen molar-refractivity contribution in [1.82, 2.24) is 4.57 Å². The minimum Gasteiger partial charge on any atom is -0.497 e. The minimum atomic E-state index is -0.192. The summed E-state index contributed by atoms with van der Waals surface area (Å²) in [6.45, 7) is 2.84. The normalized spacial score (nSPS) is 11.1. The molecule has 3 rings (SSSR count). The van der Waals surface area contributed by atoms with Gasteiger partial charge in [0.25, 0.3) is 0 Å². The zero-order valence-corrected chi connectivity index (χ0v) is 16.8. The molecule has 3 aromatic rings. The number of methoxy groups -OCH3 is 1. The highest BCUT2D eigenvalue weighted by atomic mass is 16.5. The van der Waals surface area contributed by atoms with Gasteiger partial charge in [-0.25, -0.2) is 0 Å². The number of aromatic nitrogens is 1. The van der Waals surface area contributed by atoms with Gasteiger partial charge in [-0.05, 0) is 43.2 Å². The molecule has 5 nitrogen and oxygen atoms in total. The molecule has 0 saturated carbocycles. The first kappa shape index (κ1) is 20.4. The standard InChI is InChI=1S/C24H25NO4/c1-3-29-24(27)9-6-16-25-17-21(20-7-4-5-8-22(20)25)23(26)15-12-18-10-13-19(28-2)14-11-18/h4-5,7-8,10-15,17H,3,6,9,16H2,1-2H3/b15-12+. The molecule has 0 N–H and O–H groups in total. The number of ketones is 1.